The summed E-state index contributed by atoms with van der Waals surface area (Å²) in [6, 6.07) is 3.62. The number of anilines is 1. The SMILES string of the molecule is CC1CCC(C(=O)Nc2ccc(-c3ncc[nH]3)nc2)O1. The van der Waals surface area contributed by atoms with Crippen molar-refractivity contribution in [2.75, 3.05) is 5.32 Å². The number of hydrogen-bond donors (Lipinski definition) is 2. The number of imidazole rings is 1. The van der Waals surface area contributed by atoms with Crippen LogP contribution in [0.2, 0.25) is 0 Å². The molecule has 0 spiro atoms. The van der Waals surface area contributed by atoms with Crippen LogP contribution >= 0.6 is 0 Å². The minimum absolute atomic E-state index is 0.109. The van der Waals surface area contributed by atoms with E-state index in [9.17, 15) is 4.79 Å². The molecule has 1 aliphatic rings. The van der Waals surface area contributed by atoms with E-state index in [2.05, 4.69) is 20.3 Å². The Morgan fingerprint density at radius 3 is 2.90 bits per heavy atom. The number of carbonyl (C=O) groups is 1. The van der Waals surface area contributed by atoms with Gasteiger partial charge in [-0.2, -0.15) is 0 Å². The van der Waals surface area contributed by atoms with Gasteiger partial charge in [0.2, 0.25) is 0 Å². The van der Waals surface area contributed by atoms with Gasteiger partial charge < -0.3 is 15.0 Å². The second-order valence-electron chi connectivity index (χ2n) is 4.87. The number of amides is 1. The van der Waals surface area contributed by atoms with Crippen LogP contribution in [0.5, 0.6) is 0 Å². The third kappa shape index (κ3) is 2.70. The van der Waals surface area contributed by atoms with Gasteiger partial charge in [0.1, 0.15) is 11.8 Å². The first-order valence-corrected chi connectivity index (χ1v) is 6.64. The van der Waals surface area contributed by atoms with Gasteiger partial charge in [-0.15, -0.1) is 0 Å². The molecule has 1 saturated heterocycles. The van der Waals surface area contributed by atoms with Crippen molar-refractivity contribution in [3.05, 3.63) is 30.7 Å². The zero-order chi connectivity index (χ0) is 13.9. The fourth-order valence-corrected chi connectivity index (χ4v) is 2.23. The fourth-order valence-electron chi connectivity index (χ4n) is 2.23. The maximum Gasteiger partial charge on any atom is 0.253 e. The van der Waals surface area contributed by atoms with Gasteiger partial charge in [0.05, 0.1) is 18.0 Å². The van der Waals surface area contributed by atoms with Crippen LogP contribution in [0.3, 0.4) is 0 Å². The van der Waals surface area contributed by atoms with E-state index in [1.165, 1.54) is 0 Å². The van der Waals surface area contributed by atoms with Crippen LogP contribution in [0.4, 0.5) is 5.69 Å². The lowest BCUT2D eigenvalue weighted by Gasteiger charge is -2.11. The first kappa shape index (κ1) is 12.8. The predicted octanol–water partition coefficient (Wildman–Crippen LogP) is 1.98. The Morgan fingerprint density at radius 1 is 1.40 bits per heavy atom. The average Bonchev–Trinajstić information content (AvgIpc) is 3.10. The lowest BCUT2D eigenvalue weighted by Crippen LogP contribution is -2.27. The van der Waals surface area contributed by atoms with Crippen molar-refractivity contribution in [1.82, 2.24) is 15.0 Å². The molecular weight excluding hydrogens is 256 g/mol. The molecule has 2 unspecified atom stereocenters. The Kier molecular flexibility index (Phi) is 3.47. The fraction of sp³-hybridized carbons (Fsp3) is 0.357. The highest BCUT2D eigenvalue weighted by molar-refractivity contribution is 5.94. The Hall–Kier alpha value is -2.21. The Labute approximate surface area is 116 Å². The lowest BCUT2D eigenvalue weighted by molar-refractivity contribution is -0.126. The summed E-state index contributed by atoms with van der Waals surface area (Å²) in [6.07, 6.45) is 6.53. The van der Waals surface area contributed by atoms with E-state index < -0.39 is 0 Å². The number of nitrogens with zero attached hydrogens (tertiary/aromatic N) is 2. The predicted molar refractivity (Wildman–Crippen MR) is 74.0 cm³/mol. The Bertz CT molecular complexity index is 580. The number of hydrogen-bond acceptors (Lipinski definition) is 4. The molecule has 0 radical (unpaired) electrons. The highest BCUT2D eigenvalue weighted by Gasteiger charge is 2.28. The molecule has 0 aromatic carbocycles. The number of carbonyl (C=O) groups excluding carboxylic acids is 1. The highest BCUT2D eigenvalue weighted by Crippen LogP contribution is 2.21. The zero-order valence-corrected chi connectivity index (χ0v) is 11.2. The maximum atomic E-state index is 12.0. The average molecular weight is 272 g/mol. The van der Waals surface area contributed by atoms with Crippen molar-refractivity contribution in [3.8, 4) is 11.5 Å². The molecule has 20 heavy (non-hydrogen) atoms. The smallest absolute Gasteiger partial charge is 0.253 e. The summed E-state index contributed by atoms with van der Waals surface area (Å²) in [4.78, 5) is 23.4. The second kappa shape index (κ2) is 5.42. The van der Waals surface area contributed by atoms with Gasteiger partial charge in [0.15, 0.2) is 5.82 Å². The topological polar surface area (TPSA) is 79.9 Å². The summed E-state index contributed by atoms with van der Waals surface area (Å²) in [5.41, 5.74) is 1.40. The van der Waals surface area contributed by atoms with E-state index in [0.29, 0.717) is 11.5 Å². The highest BCUT2D eigenvalue weighted by atomic mass is 16.5. The van der Waals surface area contributed by atoms with Gasteiger partial charge in [-0.1, -0.05) is 0 Å². The van der Waals surface area contributed by atoms with Gasteiger partial charge in [-0.05, 0) is 31.9 Å². The molecule has 0 saturated carbocycles. The number of aromatic amines is 1. The largest absolute Gasteiger partial charge is 0.365 e. The molecule has 0 aliphatic carbocycles. The van der Waals surface area contributed by atoms with E-state index in [-0.39, 0.29) is 18.1 Å². The van der Waals surface area contributed by atoms with Crippen molar-refractivity contribution in [2.45, 2.75) is 32.0 Å². The van der Waals surface area contributed by atoms with Gasteiger partial charge >= 0.3 is 0 Å². The molecule has 2 aromatic rings. The summed E-state index contributed by atoms with van der Waals surface area (Å²) >= 11 is 0. The molecule has 3 heterocycles. The minimum atomic E-state index is -0.352. The molecule has 1 amide bonds. The molecule has 1 fully saturated rings. The monoisotopic (exact) mass is 272 g/mol. The quantitative estimate of drug-likeness (QED) is 0.895. The number of H-pyrrole nitrogens is 1. The summed E-state index contributed by atoms with van der Waals surface area (Å²) in [5.74, 6) is 0.595. The van der Waals surface area contributed by atoms with Crippen LogP contribution < -0.4 is 5.32 Å². The molecule has 104 valence electrons. The van der Waals surface area contributed by atoms with Gasteiger partial charge in [0, 0.05) is 12.4 Å². The third-order valence-electron chi connectivity index (χ3n) is 3.30. The number of rotatable bonds is 3. The van der Waals surface area contributed by atoms with E-state index in [4.69, 9.17) is 4.74 Å². The van der Waals surface area contributed by atoms with Crippen molar-refractivity contribution in [3.63, 3.8) is 0 Å². The van der Waals surface area contributed by atoms with Crippen molar-refractivity contribution in [2.24, 2.45) is 0 Å². The molecule has 2 atom stereocenters. The van der Waals surface area contributed by atoms with Crippen LogP contribution in [0.25, 0.3) is 11.5 Å². The van der Waals surface area contributed by atoms with Gasteiger partial charge in [0.25, 0.3) is 5.91 Å². The summed E-state index contributed by atoms with van der Waals surface area (Å²) in [5, 5.41) is 2.82. The van der Waals surface area contributed by atoms with E-state index >= 15 is 0 Å². The zero-order valence-electron chi connectivity index (χ0n) is 11.2. The summed E-state index contributed by atoms with van der Waals surface area (Å²) < 4.78 is 5.53. The van der Waals surface area contributed by atoms with Crippen molar-refractivity contribution in [1.29, 1.82) is 0 Å². The molecule has 2 N–H and O–H groups in total. The summed E-state index contributed by atoms with van der Waals surface area (Å²) in [7, 11) is 0. The molecule has 1 aliphatic heterocycles. The third-order valence-corrected chi connectivity index (χ3v) is 3.30. The Balaban J connectivity index is 1.65. The van der Waals surface area contributed by atoms with Gasteiger partial charge in [-0.25, -0.2) is 4.98 Å². The molecule has 3 rings (SSSR count). The lowest BCUT2D eigenvalue weighted by atomic mass is 10.2. The molecular formula is C14H16N4O2. The van der Waals surface area contributed by atoms with E-state index in [1.54, 1.807) is 24.7 Å². The van der Waals surface area contributed by atoms with Gasteiger partial charge in [-0.3, -0.25) is 9.78 Å². The summed E-state index contributed by atoms with van der Waals surface area (Å²) in [6.45, 7) is 1.98. The molecule has 6 nitrogen and oxygen atoms in total. The van der Waals surface area contributed by atoms with Crippen molar-refractivity contribution >= 4 is 11.6 Å². The maximum absolute atomic E-state index is 12.0. The van der Waals surface area contributed by atoms with Crippen LogP contribution in [-0.4, -0.2) is 33.1 Å². The minimum Gasteiger partial charge on any atom is -0.365 e. The first-order chi connectivity index (χ1) is 9.72. The van der Waals surface area contributed by atoms with Crippen molar-refractivity contribution < 1.29 is 9.53 Å². The second-order valence-corrected chi connectivity index (χ2v) is 4.87. The number of ether oxygens (including phenoxy) is 1. The van der Waals surface area contributed by atoms with E-state index in [0.717, 1.165) is 18.5 Å². The normalized spacial score (nSPS) is 21.9. The Morgan fingerprint density at radius 2 is 2.30 bits per heavy atom. The molecule has 2 aromatic heterocycles. The number of aromatic nitrogens is 3. The van der Waals surface area contributed by atoms with E-state index in [1.807, 2.05) is 13.0 Å². The van der Waals surface area contributed by atoms with Crippen LogP contribution in [0.1, 0.15) is 19.8 Å². The number of pyridine rings is 1. The first-order valence-electron chi connectivity index (χ1n) is 6.64. The van der Waals surface area contributed by atoms with Crippen LogP contribution in [0.15, 0.2) is 30.7 Å². The standard InChI is InChI=1S/C14H16N4O2/c1-9-2-5-12(20-9)14(19)18-10-3-4-11(17-8-10)13-15-6-7-16-13/h3-4,6-9,12H,2,5H2,1H3,(H,15,16)(H,18,19). The molecule has 0 bridgehead atoms. The van der Waals surface area contributed by atoms with Crippen LogP contribution in [0, 0.1) is 0 Å². The van der Waals surface area contributed by atoms with Crippen LogP contribution in [-0.2, 0) is 9.53 Å². The molecule has 6 heteroatoms. The number of nitrogens with one attached hydrogen (secondary N) is 2.